The zero-order chi connectivity index (χ0) is 8.27. The quantitative estimate of drug-likeness (QED) is 0.599. The van der Waals surface area contributed by atoms with Crippen LogP contribution < -0.4 is 0 Å². The van der Waals surface area contributed by atoms with Crippen LogP contribution in [0.3, 0.4) is 0 Å². The number of benzene rings is 1. The molecule has 0 spiro atoms. The highest BCUT2D eigenvalue weighted by molar-refractivity contribution is 5.84. The maximum atomic E-state index is 7.01. The summed E-state index contributed by atoms with van der Waals surface area (Å²) in [6.45, 7) is 1.96. The lowest BCUT2D eigenvalue weighted by atomic mass is 10.1. The molecule has 1 rings (SSSR count). The predicted octanol–water partition coefficient (Wildman–Crippen LogP) is 1.99. The van der Waals surface area contributed by atoms with Gasteiger partial charge in [0.2, 0.25) is 0 Å². The second-order valence-corrected chi connectivity index (χ2v) is 2.47. The summed E-state index contributed by atoms with van der Waals surface area (Å²) in [5, 5.41) is 14.0. The van der Waals surface area contributed by atoms with Crippen molar-refractivity contribution in [2.75, 3.05) is 0 Å². The minimum absolute atomic E-state index is 0.850. The standard InChI is InChI=1S/C9H10N2/c1-7-2-8(5-10)4-9(3-7)6-11/h2-6,10-11H,1H3. The van der Waals surface area contributed by atoms with Crippen LogP contribution in [-0.4, -0.2) is 12.4 Å². The van der Waals surface area contributed by atoms with Gasteiger partial charge in [0.05, 0.1) is 0 Å². The van der Waals surface area contributed by atoms with Crippen molar-refractivity contribution in [2.45, 2.75) is 6.92 Å². The third-order valence-corrected chi connectivity index (χ3v) is 1.46. The molecule has 0 aromatic heterocycles. The van der Waals surface area contributed by atoms with Gasteiger partial charge in [-0.1, -0.05) is 12.1 Å². The van der Waals surface area contributed by atoms with Gasteiger partial charge in [0, 0.05) is 12.4 Å². The van der Waals surface area contributed by atoms with Crippen LogP contribution in [0.5, 0.6) is 0 Å². The van der Waals surface area contributed by atoms with Crippen molar-refractivity contribution < 1.29 is 0 Å². The van der Waals surface area contributed by atoms with E-state index in [2.05, 4.69) is 0 Å². The highest BCUT2D eigenvalue weighted by Gasteiger charge is 1.92. The van der Waals surface area contributed by atoms with Crippen LogP contribution in [0.25, 0.3) is 0 Å². The summed E-state index contributed by atoms with van der Waals surface area (Å²) in [6.07, 6.45) is 2.58. The highest BCUT2D eigenvalue weighted by Crippen LogP contribution is 2.05. The molecule has 0 heterocycles. The predicted molar refractivity (Wildman–Crippen MR) is 47.0 cm³/mol. The van der Waals surface area contributed by atoms with Gasteiger partial charge in [-0.2, -0.15) is 0 Å². The van der Waals surface area contributed by atoms with Crippen molar-refractivity contribution in [3.63, 3.8) is 0 Å². The van der Waals surface area contributed by atoms with Crippen molar-refractivity contribution >= 4 is 12.4 Å². The maximum Gasteiger partial charge on any atom is 0.0250 e. The molecule has 0 aliphatic rings. The molecule has 1 aromatic rings. The van der Waals surface area contributed by atoms with Gasteiger partial charge in [0.1, 0.15) is 0 Å². The van der Waals surface area contributed by atoms with Crippen LogP contribution in [0.1, 0.15) is 16.7 Å². The third kappa shape index (κ3) is 1.74. The van der Waals surface area contributed by atoms with E-state index >= 15 is 0 Å². The van der Waals surface area contributed by atoms with E-state index in [0.717, 1.165) is 16.7 Å². The average molecular weight is 146 g/mol. The molecule has 0 amide bonds. The molecule has 56 valence electrons. The van der Waals surface area contributed by atoms with E-state index in [-0.39, 0.29) is 0 Å². The third-order valence-electron chi connectivity index (χ3n) is 1.46. The minimum Gasteiger partial charge on any atom is -0.308 e. The smallest absolute Gasteiger partial charge is 0.0250 e. The fraction of sp³-hybridized carbons (Fsp3) is 0.111. The molecule has 1 aromatic carbocycles. The van der Waals surface area contributed by atoms with Gasteiger partial charge in [0.25, 0.3) is 0 Å². The van der Waals surface area contributed by atoms with Crippen molar-refractivity contribution in [1.29, 1.82) is 10.8 Å². The summed E-state index contributed by atoms with van der Waals surface area (Å²) in [7, 11) is 0. The van der Waals surface area contributed by atoms with Crippen LogP contribution >= 0.6 is 0 Å². The van der Waals surface area contributed by atoms with E-state index in [9.17, 15) is 0 Å². The second-order valence-electron chi connectivity index (χ2n) is 2.47. The largest absolute Gasteiger partial charge is 0.308 e. The van der Waals surface area contributed by atoms with Gasteiger partial charge < -0.3 is 10.8 Å². The lowest BCUT2D eigenvalue weighted by Gasteiger charge is -1.97. The van der Waals surface area contributed by atoms with Crippen LogP contribution in [0.4, 0.5) is 0 Å². The fourth-order valence-electron chi connectivity index (χ4n) is 1.01. The molecule has 0 saturated heterocycles. The molecule has 0 radical (unpaired) electrons. The molecular weight excluding hydrogens is 136 g/mol. The number of nitrogens with one attached hydrogen (secondary N) is 2. The summed E-state index contributed by atoms with van der Waals surface area (Å²) in [5.41, 5.74) is 2.79. The summed E-state index contributed by atoms with van der Waals surface area (Å²) in [5.74, 6) is 0. The van der Waals surface area contributed by atoms with Crippen LogP contribution in [0.2, 0.25) is 0 Å². The van der Waals surface area contributed by atoms with Crippen LogP contribution in [-0.2, 0) is 0 Å². The second kappa shape index (κ2) is 3.10. The normalized spacial score (nSPS) is 9.18. The molecule has 0 fully saturated rings. The first-order valence-corrected chi connectivity index (χ1v) is 3.39. The number of aryl methyl sites for hydroxylation is 1. The Labute approximate surface area is 65.9 Å². The van der Waals surface area contributed by atoms with E-state index in [1.54, 1.807) is 0 Å². The van der Waals surface area contributed by atoms with Crippen molar-refractivity contribution in [2.24, 2.45) is 0 Å². The molecule has 0 aliphatic heterocycles. The van der Waals surface area contributed by atoms with E-state index in [1.807, 2.05) is 25.1 Å². The maximum absolute atomic E-state index is 7.01. The van der Waals surface area contributed by atoms with E-state index in [1.165, 1.54) is 12.4 Å². The van der Waals surface area contributed by atoms with Gasteiger partial charge in [-0.3, -0.25) is 0 Å². The Morgan fingerprint density at radius 3 is 1.82 bits per heavy atom. The molecule has 11 heavy (non-hydrogen) atoms. The minimum atomic E-state index is 0.850. The van der Waals surface area contributed by atoms with Crippen molar-refractivity contribution in [1.82, 2.24) is 0 Å². The Hall–Kier alpha value is -1.44. The molecule has 0 saturated carbocycles. The first-order valence-electron chi connectivity index (χ1n) is 3.39. The van der Waals surface area contributed by atoms with E-state index in [0.29, 0.717) is 0 Å². The molecule has 2 heteroatoms. The number of rotatable bonds is 2. The summed E-state index contributed by atoms with van der Waals surface area (Å²) in [4.78, 5) is 0. The highest BCUT2D eigenvalue weighted by atomic mass is 14.3. The Morgan fingerprint density at radius 1 is 1.00 bits per heavy atom. The Kier molecular flexibility index (Phi) is 2.16. The van der Waals surface area contributed by atoms with Gasteiger partial charge in [-0.25, -0.2) is 0 Å². The zero-order valence-corrected chi connectivity index (χ0v) is 6.39. The Bertz CT molecular complexity index is 263. The average Bonchev–Trinajstić information content (AvgIpc) is 2.03. The molecule has 0 unspecified atom stereocenters. The number of hydrogen-bond donors (Lipinski definition) is 2. The molecular formula is C9H10N2. The first kappa shape index (κ1) is 7.66. The molecule has 2 N–H and O–H groups in total. The first-order chi connectivity index (χ1) is 5.26. The number of hydrogen-bond acceptors (Lipinski definition) is 2. The van der Waals surface area contributed by atoms with Crippen LogP contribution in [0, 0.1) is 17.7 Å². The lowest BCUT2D eigenvalue weighted by Crippen LogP contribution is -1.86. The fourth-order valence-corrected chi connectivity index (χ4v) is 1.01. The van der Waals surface area contributed by atoms with Gasteiger partial charge in [0.15, 0.2) is 0 Å². The lowest BCUT2D eigenvalue weighted by molar-refractivity contribution is 1.43. The Balaban J connectivity index is 3.21. The Morgan fingerprint density at radius 2 is 1.45 bits per heavy atom. The molecule has 0 bridgehead atoms. The zero-order valence-electron chi connectivity index (χ0n) is 6.39. The summed E-state index contributed by atoms with van der Waals surface area (Å²) in [6, 6.07) is 5.65. The van der Waals surface area contributed by atoms with Gasteiger partial charge in [-0.05, 0) is 29.7 Å². The SMILES string of the molecule is Cc1cc(C=N)cc(C=N)c1. The van der Waals surface area contributed by atoms with Crippen molar-refractivity contribution in [3.8, 4) is 0 Å². The molecule has 2 nitrogen and oxygen atoms in total. The van der Waals surface area contributed by atoms with Gasteiger partial charge >= 0.3 is 0 Å². The summed E-state index contributed by atoms with van der Waals surface area (Å²) >= 11 is 0. The van der Waals surface area contributed by atoms with E-state index in [4.69, 9.17) is 10.8 Å². The molecule has 0 aliphatic carbocycles. The summed E-state index contributed by atoms with van der Waals surface area (Å²) < 4.78 is 0. The van der Waals surface area contributed by atoms with Crippen molar-refractivity contribution in [3.05, 3.63) is 34.9 Å². The monoisotopic (exact) mass is 146 g/mol. The molecule has 0 atom stereocenters. The van der Waals surface area contributed by atoms with Gasteiger partial charge in [-0.15, -0.1) is 0 Å². The van der Waals surface area contributed by atoms with E-state index < -0.39 is 0 Å². The topological polar surface area (TPSA) is 47.7 Å². The van der Waals surface area contributed by atoms with Crippen LogP contribution in [0.15, 0.2) is 18.2 Å².